The van der Waals surface area contributed by atoms with E-state index in [0.29, 0.717) is 31.2 Å². The number of hydrogen-bond donors (Lipinski definition) is 1. The standard InChI is InChI=1S/C22H29N3O5/c1-24(13-16-6-8-23-9-7-16)14-21(27)25-10-11-30-20(15-26)22(25)17-4-5-18(28-2)19(12-17)29-3/h4-9,12,20,22,26H,10-11,13-15H2,1-3H3/t20-,22-/m1/s1. The number of rotatable bonds is 8. The van der Waals surface area contributed by atoms with Crippen LogP contribution in [0.4, 0.5) is 0 Å². The van der Waals surface area contributed by atoms with Gasteiger partial charge in [-0.3, -0.25) is 14.7 Å². The van der Waals surface area contributed by atoms with E-state index in [1.165, 1.54) is 0 Å². The van der Waals surface area contributed by atoms with Crippen LogP contribution in [0, 0.1) is 0 Å². The number of pyridine rings is 1. The van der Waals surface area contributed by atoms with Gasteiger partial charge in [0.1, 0.15) is 6.10 Å². The van der Waals surface area contributed by atoms with Gasteiger partial charge < -0.3 is 24.2 Å². The molecular weight excluding hydrogens is 386 g/mol. The molecule has 1 aromatic heterocycles. The molecule has 1 aromatic carbocycles. The molecule has 2 heterocycles. The van der Waals surface area contributed by atoms with Crippen LogP contribution in [-0.2, 0) is 16.1 Å². The van der Waals surface area contributed by atoms with E-state index in [1.54, 1.807) is 37.6 Å². The normalized spacial score (nSPS) is 19.0. The van der Waals surface area contributed by atoms with Crippen molar-refractivity contribution in [1.29, 1.82) is 0 Å². The van der Waals surface area contributed by atoms with Crippen molar-refractivity contribution >= 4 is 5.91 Å². The average Bonchev–Trinajstić information content (AvgIpc) is 2.78. The molecule has 0 bridgehead atoms. The summed E-state index contributed by atoms with van der Waals surface area (Å²) in [6, 6.07) is 8.97. The zero-order chi connectivity index (χ0) is 21.5. The van der Waals surface area contributed by atoms with Gasteiger partial charge in [0.05, 0.1) is 40.0 Å². The Morgan fingerprint density at radius 2 is 1.97 bits per heavy atom. The molecule has 1 amide bonds. The minimum Gasteiger partial charge on any atom is -0.493 e. The van der Waals surface area contributed by atoms with Crippen molar-refractivity contribution in [2.45, 2.75) is 18.7 Å². The molecule has 2 atom stereocenters. The molecule has 162 valence electrons. The molecule has 1 fully saturated rings. The number of aliphatic hydroxyl groups is 1. The highest BCUT2D eigenvalue weighted by molar-refractivity contribution is 5.79. The summed E-state index contributed by atoms with van der Waals surface area (Å²) in [5, 5.41) is 9.89. The first-order valence-corrected chi connectivity index (χ1v) is 9.88. The van der Waals surface area contributed by atoms with Gasteiger partial charge in [0.25, 0.3) is 0 Å². The average molecular weight is 415 g/mol. The fourth-order valence-electron chi connectivity index (χ4n) is 3.77. The van der Waals surface area contributed by atoms with Crippen molar-refractivity contribution in [3.8, 4) is 11.5 Å². The van der Waals surface area contributed by atoms with Gasteiger partial charge in [-0.2, -0.15) is 0 Å². The van der Waals surface area contributed by atoms with E-state index in [9.17, 15) is 9.90 Å². The van der Waals surface area contributed by atoms with Crippen LogP contribution in [0.3, 0.4) is 0 Å². The molecule has 30 heavy (non-hydrogen) atoms. The molecule has 1 aliphatic heterocycles. The Labute approximate surface area is 177 Å². The number of carbonyl (C=O) groups excluding carboxylic acids is 1. The van der Waals surface area contributed by atoms with Gasteiger partial charge in [-0.1, -0.05) is 6.07 Å². The van der Waals surface area contributed by atoms with Crippen molar-refractivity contribution in [2.75, 3.05) is 47.6 Å². The number of methoxy groups -OCH3 is 2. The summed E-state index contributed by atoms with van der Waals surface area (Å²) in [6.45, 7) is 1.55. The Balaban J connectivity index is 1.79. The maximum absolute atomic E-state index is 13.2. The summed E-state index contributed by atoms with van der Waals surface area (Å²) in [5.41, 5.74) is 1.92. The fraction of sp³-hybridized carbons (Fsp3) is 0.455. The summed E-state index contributed by atoms with van der Waals surface area (Å²) >= 11 is 0. The number of ether oxygens (including phenoxy) is 3. The molecule has 0 spiro atoms. The molecule has 3 rings (SSSR count). The molecule has 1 N–H and O–H groups in total. The first-order chi connectivity index (χ1) is 14.6. The molecule has 0 radical (unpaired) electrons. The van der Waals surface area contributed by atoms with Crippen LogP contribution in [0.2, 0.25) is 0 Å². The highest BCUT2D eigenvalue weighted by Gasteiger charge is 2.36. The second-order valence-electron chi connectivity index (χ2n) is 7.27. The SMILES string of the molecule is COc1ccc([C@@H]2[C@@H](CO)OCCN2C(=O)CN(C)Cc2ccncc2)cc1OC. The van der Waals surface area contributed by atoms with Gasteiger partial charge in [-0.25, -0.2) is 0 Å². The number of amides is 1. The number of benzene rings is 1. The number of likely N-dealkylation sites (N-methyl/N-ethyl adjacent to an activating group) is 1. The van der Waals surface area contributed by atoms with Gasteiger partial charge in [-0.15, -0.1) is 0 Å². The third kappa shape index (κ3) is 5.08. The predicted octanol–water partition coefficient (Wildman–Crippen LogP) is 1.49. The van der Waals surface area contributed by atoms with Crippen LogP contribution in [0.1, 0.15) is 17.2 Å². The Hall–Kier alpha value is -2.68. The minimum absolute atomic E-state index is 0.0203. The van der Waals surface area contributed by atoms with Crippen molar-refractivity contribution in [1.82, 2.24) is 14.8 Å². The van der Waals surface area contributed by atoms with E-state index in [-0.39, 0.29) is 19.1 Å². The second-order valence-corrected chi connectivity index (χ2v) is 7.27. The predicted molar refractivity (Wildman–Crippen MR) is 111 cm³/mol. The molecular formula is C22H29N3O5. The maximum Gasteiger partial charge on any atom is 0.237 e. The van der Waals surface area contributed by atoms with E-state index in [4.69, 9.17) is 14.2 Å². The number of carbonyl (C=O) groups is 1. The van der Waals surface area contributed by atoms with Crippen LogP contribution in [0.5, 0.6) is 11.5 Å². The van der Waals surface area contributed by atoms with Crippen molar-refractivity contribution in [3.05, 3.63) is 53.9 Å². The quantitative estimate of drug-likeness (QED) is 0.699. The van der Waals surface area contributed by atoms with E-state index in [1.807, 2.05) is 36.2 Å². The first-order valence-electron chi connectivity index (χ1n) is 9.88. The number of aromatic nitrogens is 1. The van der Waals surface area contributed by atoms with Crippen LogP contribution >= 0.6 is 0 Å². The Morgan fingerprint density at radius 3 is 2.63 bits per heavy atom. The number of nitrogens with zero attached hydrogens (tertiary/aromatic N) is 3. The molecule has 0 saturated carbocycles. The van der Waals surface area contributed by atoms with Crippen molar-refractivity contribution < 1.29 is 24.1 Å². The van der Waals surface area contributed by atoms with Crippen LogP contribution in [0.15, 0.2) is 42.7 Å². The lowest BCUT2D eigenvalue weighted by molar-refractivity contribution is -0.150. The second kappa shape index (κ2) is 10.4. The summed E-state index contributed by atoms with van der Waals surface area (Å²) in [4.78, 5) is 21.0. The van der Waals surface area contributed by atoms with E-state index >= 15 is 0 Å². The molecule has 8 heteroatoms. The molecule has 0 unspecified atom stereocenters. The lowest BCUT2D eigenvalue weighted by atomic mass is 9.97. The van der Waals surface area contributed by atoms with Crippen LogP contribution in [-0.4, -0.2) is 79.5 Å². The summed E-state index contributed by atoms with van der Waals surface area (Å²) in [6.07, 6.45) is 2.98. The largest absolute Gasteiger partial charge is 0.493 e. The van der Waals surface area contributed by atoms with Crippen LogP contribution in [0.25, 0.3) is 0 Å². The van der Waals surface area contributed by atoms with Crippen molar-refractivity contribution in [3.63, 3.8) is 0 Å². The molecule has 2 aromatic rings. The Kier molecular flexibility index (Phi) is 7.62. The van der Waals surface area contributed by atoms with Crippen LogP contribution < -0.4 is 9.47 Å². The molecule has 1 saturated heterocycles. The number of aliphatic hydroxyl groups excluding tert-OH is 1. The lowest BCUT2D eigenvalue weighted by Gasteiger charge is -2.41. The van der Waals surface area contributed by atoms with Gasteiger partial charge in [0, 0.05) is 25.5 Å². The third-order valence-corrected chi connectivity index (χ3v) is 5.21. The maximum atomic E-state index is 13.2. The lowest BCUT2D eigenvalue weighted by Crippen LogP contribution is -2.51. The summed E-state index contributed by atoms with van der Waals surface area (Å²) < 4.78 is 16.5. The van der Waals surface area contributed by atoms with E-state index in [2.05, 4.69) is 4.98 Å². The Morgan fingerprint density at radius 1 is 1.23 bits per heavy atom. The third-order valence-electron chi connectivity index (χ3n) is 5.21. The number of hydrogen-bond acceptors (Lipinski definition) is 7. The van der Waals surface area contributed by atoms with E-state index in [0.717, 1.165) is 11.1 Å². The summed E-state index contributed by atoms with van der Waals surface area (Å²) in [7, 11) is 5.06. The Bertz CT molecular complexity index is 833. The smallest absolute Gasteiger partial charge is 0.237 e. The fourth-order valence-corrected chi connectivity index (χ4v) is 3.77. The topological polar surface area (TPSA) is 84.4 Å². The molecule has 0 aliphatic carbocycles. The zero-order valence-corrected chi connectivity index (χ0v) is 17.7. The minimum atomic E-state index is -0.508. The zero-order valence-electron chi connectivity index (χ0n) is 17.7. The van der Waals surface area contributed by atoms with Gasteiger partial charge in [0.15, 0.2) is 11.5 Å². The van der Waals surface area contributed by atoms with Crippen molar-refractivity contribution in [2.24, 2.45) is 0 Å². The summed E-state index contributed by atoms with van der Waals surface area (Å²) in [5.74, 6) is 1.15. The van der Waals surface area contributed by atoms with Gasteiger partial charge in [0.2, 0.25) is 5.91 Å². The van der Waals surface area contributed by atoms with Gasteiger partial charge in [-0.05, 0) is 42.4 Å². The number of morpholine rings is 1. The highest BCUT2D eigenvalue weighted by atomic mass is 16.5. The van der Waals surface area contributed by atoms with Gasteiger partial charge >= 0.3 is 0 Å². The molecule has 8 nitrogen and oxygen atoms in total. The highest BCUT2D eigenvalue weighted by Crippen LogP contribution is 2.35. The molecule has 1 aliphatic rings. The van der Waals surface area contributed by atoms with E-state index < -0.39 is 12.1 Å². The first kappa shape index (κ1) is 22.0. The monoisotopic (exact) mass is 415 g/mol.